The lowest BCUT2D eigenvalue weighted by Gasteiger charge is -2.09. The molecular weight excluding hydrogens is 371 g/mol. The van der Waals surface area contributed by atoms with E-state index in [-0.39, 0.29) is 23.6 Å². The molecular formula is C14H13IN2O3. The number of carbonyl (C=O) groups excluding carboxylic acids is 1. The summed E-state index contributed by atoms with van der Waals surface area (Å²) >= 11 is 2.06. The van der Waals surface area contributed by atoms with Crippen LogP contribution in [0.5, 0.6) is 11.5 Å². The fourth-order valence-electron chi connectivity index (χ4n) is 1.71. The number of nitrogens with one attached hydrogen (secondary N) is 1. The van der Waals surface area contributed by atoms with Crippen LogP contribution in [0.25, 0.3) is 0 Å². The number of benzene rings is 2. The first-order chi connectivity index (χ1) is 9.47. The number of rotatable bonds is 3. The van der Waals surface area contributed by atoms with Gasteiger partial charge in [0.25, 0.3) is 5.91 Å². The average Bonchev–Trinajstić information content (AvgIpc) is 2.42. The fraction of sp³-hybridized carbons (Fsp3) is 0.0714. The molecule has 0 bridgehead atoms. The standard InChI is InChI=1S/C14H13IN2O3/c15-9-1-3-13(19)11(6-9)14(20)17-7-8-5-10(16)2-4-12(8)18/h1-6,18-19H,7,16H2,(H,17,20). The normalized spacial score (nSPS) is 10.2. The maximum atomic E-state index is 12.0. The minimum Gasteiger partial charge on any atom is -0.508 e. The second kappa shape index (κ2) is 6.00. The Morgan fingerprint density at radius 1 is 1.15 bits per heavy atom. The largest absolute Gasteiger partial charge is 0.508 e. The highest BCUT2D eigenvalue weighted by atomic mass is 127. The highest BCUT2D eigenvalue weighted by Gasteiger charge is 2.12. The van der Waals surface area contributed by atoms with Gasteiger partial charge in [0.05, 0.1) is 5.56 Å². The molecule has 0 saturated carbocycles. The van der Waals surface area contributed by atoms with Crippen LogP contribution < -0.4 is 11.1 Å². The van der Waals surface area contributed by atoms with Crippen LogP contribution in [0, 0.1) is 3.57 Å². The van der Waals surface area contributed by atoms with Crippen molar-refractivity contribution in [2.24, 2.45) is 0 Å². The quantitative estimate of drug-likeness (QED) is 0.371. The van der Waals surface area contributed by atoms with E-state index in [9.17, 15) is 15.0 Å². The lowest BCUT2D eigenvalue weighted by atomic mass is 10.1. The molecule has 2 aromatic rings. The van der Waals surface area contributed by atoms with Crippen molar-refractivity contribution < 1.29 is 15.0 Å². The van der Waals surface area contributed by atoms with E-state index in [1.165, 1.54) is 12.1 Å². The van der Waals surface area contributed by atoms with E-state index in [0.717, 1.165) is 3.57 Å². The van der Waals surface area contributed by atoms with Crippen molar-refractivity contribution in [2.45, 2.75) is 6.54 Å². The van der Waals surface area contributed by atoms with Crippen molar-refractivity contribution in [1.29, 1.82) is 0 Å². The van der Waals surface area contributed by atoms with Gasteiger partial charge in [0.2, 0.25) is 0 Å². The van der Waals surface area contributed by atoms with Gasteiger partial charge in [0.15, 0.2) is 0 Å². The van der Waals surface area contributed by atoms with Crippen molar-refractivity contribution in [1.82, 2.24) is 5.32 Å². The molecule has 0 aliphatic heterocycles. The van der Waals surface area contributed by atoms with E-state index < -0.39 is 5.91 Å². The van der Waals surface area contributed by atoms with Crippen molar-refractivity contribution >= 4 is 34.2 Å². The Hall–Kier alpha value is -1.96. The SMILES string of the molecule is Nc1ccc(O)c(CNC(=O)c2cc(I)ccc2O)c1. The summed E-state index contributed by atoms with van der Waals surface area (Å²) in [5.41, 5.74) is 6.84. The number of amides is 1. The van der Waals surface area contributed by atoms with E-state index in [1.807, 2.05) is 0 Å². The van der Waals surface area contributed by atoms with Crippen LogP contribution in [-0.2, 0) is 6.54 Å². The first kappa shape index (κ1) is 14.4. The molecule has 2 aromatic carbocycles. The Kier molecular flexibility index (Phi) is 4.33. The first-order valence-electron chi connectivity index (χ1n) is 5.81. The summed E-state index contributed by atoms with van der Waals surface area (Å²) in [6.45, 7) is 0.126. The lowest BCUT2D eigenvalue weighted by molar-refractivity contribution is 0.0948. The number of halogens is 1. The van der Waals surface area contributed by atoms with Gasteiger partial charge >= 0.3 is 0 Å². The Morgan fingerprint density at radius 2 is 1.85 bits per heavy atom. The number of phenolic OH excluding ortho intramolecular Hbond substituents is 2. The predicted octanol–water partition coefficient (Wildman–Crippen LogP) is 2.21. The number of hydrogen-bond acceptors (Lipinski definition) is 4. The fourth-order valence-corrected chi connectivity index (χ4v) is 2.20. The Morgan fingerprint density at radius 3 is 2.60 bits per heavy atom. The van der Waals surface area contributed by atoms with Crippen LogP contribution in [0.2, 0.25) is 0 Å². The smallest absolute Gasteiger partial charge is 0.255 e. The lowest BCUT2D eigenvalue weighted by Crippen LogP contribution is -2.23. The molecule has 0 saturated heterocycles. The summed E-state index contributed by atoms with van der Waals surface area (Å²) in [4.78, 5) is 12.0. The predicted molar refractivity (Wildman–Crippen MR) is 84.5 cm³/mol. The summed E-state index contributed by atoms with van der Waals surface area (Å²) in [5.74, 6) is -0.436. The summed E-state index contributed by atoms with van der Waals surface area (Å²) in [6, 6.07) is 9.39. The molecule has 0 aliphatic rings. The van der Waals surface area contributed by atoms with E-state index >= 15 is 0 Å². The van der Waals surface area contributed by atoms with Gasteiger partial charge in [-0.25, -0.2) is 0 Å². The molecule has 0 heterocycles. The molecule has 0 spiro atoms. The number of hydrogen-bond donors (Lipinski definition) is 4. The highest BCUT2D eigenvalue weighted by molar-refractivity contribution is 14.1. The van der Waals surface area contributed by atoms with Crippen molar-refractivity contribution in [3.63, 3.8) is 0 Å². The summed E-state index contributed by atoms with van der Waals surface area (Å²) < 4.78 is 0.845. The van der Waals surface area contributed by atoms with Crippen LogP contribution in [0.4, 0.5) is 5.69 Å². The molecule has 104 valence electrons. The third-order valence-corrected chi connectivity index (χ3v) is 3.42. The van der Waals surface area contributed by atoms with Crippen LogP contribution in [0.15, 0.2) is 36.4 Å². The third kappa shape index (κ3) is 3.32. The van der Waals surface area contributed by atoms with Gasteiger partial charge < -0.3 is 21.3 Å². The van der Waals surface area contributed by atoms with Gasteiger partial charge in [-0.2, -0.15) is 0 Å². The number of nitrogen functional groups attached to an aromatic ring is 1. The average molecular weight is 384 g/mol. The number of aromatic hydroxyl groups is 2. The zero-order valence-electron chi connectivity index (χ0n) is 10.4. The number of carbonyl (C=O) groups is 1. The van der Waals surface area contributed by atoms with Crippen molar-refractivity contribution in [3.05, 3.63) is 51.1 Å². The molecule has 5 nitrogen and oxygen atoms in total. The summed E-state index contributed by atoms with van der Waals surface area (Å²) in [6.07, 6.45) is 0. The van der Waals surface area contributed by atoms with Gasteiger partial charge in [-0.1, -0.05) is 0 Å². The van der Waals surface area contributed by atoms with Crippen LogP contribution >= 0.6 is 22.6 Å². The maximum absolute atomic E-state index is 12.0. The van der Waals surface area contributed by atoms with Gasteiger partial charge in [0, 0.05) is 21.4 Å². The van der Waals surface area contributed by atoms with Crippen LogP contribution in [-0.4, -0.2) is 16.1 Å². The Balaban J connectivity index is 2.12. The zero-order chi connectivity index (χ0) is 14.7. The second-order valence-corrected chi connectivity index (χ2v) is 5.48. The number of nitrogens with two attached hydrogens (primary N) is 1. The van der Waals surface area contributed by atoms with E-state index in [0.29, 0.717) is 11.3 Å². The summed E-state index contributed by atoms with van der Waals surface area (Å²) in [7, 11) is 0. The van der Waals surface area contributed by atoms with Crippen molar-refractivity contribution in [2.75, 3.05) is 5.73 Å². The molecule has 0 aliphatic carbocycles. The van der Waals surface area contributed by atoms with E-state index in [1.54, 1.807) is 24.3 Å². The zero-order valence-corrected chi connectivity index (χ0v) is 12.6. The van der Waals surface area contributed by atoms with E-state index in [2.05, 4.69) is 27.9 Å². The molecule has 1 amide bonds. The van der Waals surface area contributed by atoms with Gasteiger partial charge in [0.1, 0.15) is 11.5 Å². The summed E-state index contributed by atoms with van der Waals surface area (Å²) in [5, 5.41) is 22.0. The van der Waals surface area contributed by atoms with E-state index in [4.69, 9.17) is 5.73 Å². The molecule has 0 aromatic heterocycles. The topological polar surface area (TPSA) is 95.6 Å². The molecule has 5 N–H and O–H groups in total. The second-order valence-electron chi connectivity index (χ2n) is 4.23. The maximum Gasteiger partial charge on any atom is 0.255 e. The molecule has 2 rings (SSSR count). The highest BCUT2D eigenvalue weighted by Crippen LogP contribution is 2.21. The van der Waals surface area contributed by atoms with Gasteiger partial charge in [-0.3, -0.25) is 4.79 Å². The van der Waals surface area contributed by atoms with Gasteiger partial charge in [-0.15, -0.1) is 0 Å². The Labute approximate surface area is 129 Å². The number of phenols is 2. The van der Waals surface area contributed by atoms with Gasteiger partial charge in [-0.05, 0) is 59.0 Å². The Bertz CT molecular complexity index is 659. The molecule has 20 heavy (non-hydrogen) atoms. The van der Waals surface area contributed by atoms with Crippen LogP contribution in [0.1, 0.15) is 15.9 Å². The molecule has 0 atom stereocenters. The third-order valence-electron chi connectivity index (χ3n) is 2.75. The monoisotopic (exact) mass is 384 g/mol. The minimum absolute atomic E-state index is 0.0614. The van der Waals surface area contributed by atoms with Crippen molar-refractivity contribution in [3.8, 4) is 11.5 Å². The molecule has 6 heteroatoms. The first-order valence-corrected chi connectivity index (χ1v) is 6.89. The number of anilines is 1. The van der Waals surface area contributed by atoms with Crippen LogP contribution in [0.3, 0.4) is 0 Å². The minimum atomic E-state index is -0.414. The molecule has 0 radical (unpaired) electrons. The molecule has 0 unspecified atom stereocenters. The molecule has 0 fully saturated rings.